The van der Waals surface area contributed by atoms with Gasteiger partial charge < -0.3 is 4.74 Å². The molecular formula is C15H22O2. The van der Waals surface area contributed by atoms with Gasteiger partial charge in [-0.2, -0.15) is 0 Å². The lowest BCUT2D eigenvalue weighted by Crippen LogP contribution is -2.06. The van der Waals surface area contributed by atoms with Crippen molar-refractivity contribution in [1.29, 1.82) is 0 Å². The smallest absolute Gasteiger partial charge is 0.305 e. The lowest BCUT2D eigenvalue weighted by atomic mass is 10.0. The van der Waals surface area contributed by atoms with Gasteiger partial charge in [0.2, 0.25) is 0 Å². The van der Waals surface area contributed by atoms with Crippen LogP contribution in [0.4, 0.5) is 0 Å². The summed E-state index contributed by atoms with van der Waals surface area (Å²) in [6.07, 6.45) is 2.37. The molecule has 0 N–H and O–H groups in total. The van der Waals surface area contributed by atoms with E-state index in [1.807, 2.05) is 6.92 Å². The SMILES string of the molecule is CCC(=O)OCCc1ccc(CC(C)C)cc1. The average Bonchev–Trinajstić information content (AvgIpc) is 2.30. The van der Waals surface area contributed by atoms with Gasteiger partial charge in [0.25, 0.3) is 0 Å². The van der Waals surface area contributed by atoms with Crippen molar-refractivity contribution in [2.45, 2.75) is 40.0 Å². The molecule has 0 radical (unpaired) electrons. The third-order valence-electron chi connectivity index (χ3n) is 2.61. The van der Waals surface area contributed by atoms with Crippen LogP contribution in [0.25, 0.3) is 0 Å². The number of carbonyl (C=O) groups is 1. The predicted octanol–water partition coefficient (Wildman–Crippen LogP) is 3.38. The van der Waals surface area contributed by atoms with Gasteiger partial charge in [-0.3, -0.25) is 4.79 Å². The molecule has 0 saturated heterocycles. The zero-order valence-corrected chi connectivity index (χ0v) is 11.0. The second-order valence-electron chi connectivity index (χ2n) is 4.74. The molecule has 0 aliphatic heterocycles. The van der Waals surface area contributed by atoms with Crippen LogP contribution < -0.4 is 0 Å². The summed E-state index contributed by atoms with van der Waals surface area (Å²) in [5.41, 5.74) is 2.59. The van der Waals surface area contributed by atoms with Crippen LogP contribution in [0.2, 0.25) is 0 Å². The summed E-state index contributed by atoms with van der Waals surface area (Å²) in [5.74, 6) is 0.563. The first-order valence-corrected chi connectivity index (χ1v) is 6.35. The van der Waals surface area contributed by atoms with E-state index in [-0.39, 0.29) is 5.97 Å². The van der Waals surface area contributed by atoms with Crippen LogP contribution in [0.15, 0.2) is 24.3 Å². The van der Waals surface area contributed by atoms with Crippen molar-refractivity contribution in [2.75, 3.05) is 6.61 Å². The standard InChI is InChI=1S/C15H22O2/c1-4-15(16)17-10-9-13-5-7-14(8-6-13)11-12(2)3/h5-8,12H,4,9-11H2,1-3H3. The molecule has 0 saturated carbocycles. The highest BCUT2D eigenvalue weighted by Gasteiger charge is 2.00. The van der Waals surface area contributed by atoms with Gasteiger partial charge >= 0.3 is 5.97 Å². The van der Waals surface area contributed by atoms with Crippen molar-refractivity contribution in [2.24, 2.45) is 5.92 Å². The molecule has 0 aromatic heterocycles. The minimum absolute atomic E-state index is 0.124. The summed E-state index contributed by atoms with van der Waals surface area (Å²) in [7, 11) is 0. The zero-order valence-electron chi connectivity index (χ0n) is 11.0. The predicted molar refractivity (Wildman–Crippen MR) is 69.9 cm³/mol. The Morgan fingerprint density at radius 1 is 1.18 bits per heavy atom. The fraction of sp³-hybridized carbons (Fsp3) is 0.533. The van der Waals surface area contributed by atoms with E-state index in [1.54, 1.807) is 0 Å². The molecule has 0 aliphatic carbocycles. The number of hydrogen-bond acceptors (Lipinski definition) is 2. The Bertz CT molecular complexity index is 338. The molecule has 0 amide bonds. The molecule has 0 unspecified atom stereocenters. The number of rotatable bonds is 6. The molecule has 0 atom stereocenters. The molecule has 0 bridgehead atoms. The highest BCUT2D eigenvalue weighted by atomic mass is 16.5. The molecule has 2 heteroatoms. The maximum Gasteiger partial charge on any atom is 0.305 e. The molecule has 17 heavy (non-hydrogen) atoms. The number of carbonyl (C=O) groups excluding carboxylic acids is 1. The molecular weight excluding hydrogens is 212 g/mol. The highest BCUT2D eigenvalue weighted by molar-refractivity contribution is 5.68. The maximum atomic E-state index is 11.0. The summed E-state index contributed by atoms with van der Waals surface area (Å²) < 4.78 is 5.05. The fourth-order valence-electron chi connectivity index (χ4n) is 1.70. The van der Waals surface area contributed by atoms with E-state index in [0.717, 1.165) is 12.8 Å². The summed E-state index contributed by atoms with van der Waals surface area (Å²) in [6.45, 7) is 6.73. The second kappa shape index (κ2) is 7.10. The summed E-state index contributed by atoms with van der Waals surface area (Å²) in [5, 5.41) is 0. The van der Waals surface area contributed by atoms with E-state index in [0.29, 0.717) is 18.9 Å². The van der Waals surface area contributed by atoms with Gasteiger partial charge in [-0.25, -0.2) is 0 Å². The van der Waals surface area contributed by atoms with E-state index < -0.39 is 0 Å². The quantitative estimate of drug-likeness (QED) is 0.705. The van der Waals surface area contributed by atoms with Gasteiger partial charge in [-0.1, -0.05) is 45.0 Å². The van der Waals surface area contributed by atoms with Crippen LogP contribution in [0.1, 0.15) is 38.3 Å². The first kappa shape index (κ1) is 13.8. The number of hydrogen-bond donors (Lipinski definition) is 0. The van der Waals surface area contributed by atoms with E-state index in [2.05, 4.69) is 38.1 Å². The summed E-state index contributed by atoms with van der Waals surface area (Å²) >= 11 is 0. The molecule has 94 valence electrons. The van der Waals surface area contributed by atoms with Gasteiger partial charge in [-0.05, 0) is 23.5 Å². The zero-order chi connectivity index (χ0) is 12.7. The third-order valence-corrected chi connectivity index (χ3v) is 2.61. The van der Waals surface area contributed by atoms with Crippen molar-refractivity contribution >= 4 is 5.97 Å². The summed E-state index contributed by atoms with van der Waals surface area (Å²) in [4.78, 5) is 11.0. The first-order valence-electron chi connectivity index (χ1n) is 6.35. The van der Waals surface area contributed by atoms with Crippen molar-refractivity contribution in [3.05, 3.63) is 35.4 Å². The van der Waals surface area contributed by atoms with Crippen molar-refractivity contribution < 1.29 is 9.53 Å². The van der Waals surface area contributed by atoms with Crippen molar-refractivity contribution in [3.63, 3.8) is 0 Å². The number of esters is 1. The Labute approximate surface area is 104 Å². The largest absolute Gasteiger partial charge is 0.465 e. The summed E-state index contributed by atoms with van der Waals surface area (Å²) in [6, 6.07) is 8.57. The van der Waals surface area contributed by atoms with Crippen LogP contribution in [0.3, 0.4) is 0 Å². The average molecular weight is 234 g/mol. The lowest BCUT2D eigenvalue weighted by molar-refractivity contribution is -0.143. The molecule has 1 aromatic carbocycles. The molecule has 0 aliphatic rings. The monoisotopic (exact) mass is 234 g/mol. The van der Waals surface area contributed by atoms with Gasteiger partial charge in [0.15, 0.2) is 0 Å². The van der Waals surface area contributed by atoms with Gasteiger partial charge in [0.1, 0.15) is 0 Å². The van der Waals surface area contributed by atoms with Crippen LogP contribution in [-0.2, 0) is 22.4 Å². The second-order valence-corrected chi connectivity index (χ2v) is 4.74. The third kappa shape index (κ3) is 5.53. The number of ether oxygens (including phenoxy) is 1. The Morgan fingerprint density at radius 2 is 1.76 bits per heavy atom. The Balaban J connectivity index is 2.37. The van der Waals surface area contributed by atoms with Crippen LogP contribution >= 0.6 is 0 Å². The van der Waals surface area contributed by atoms with Crippen LogP contribution in [0, 0.1) is 5.92 Å². The molecule has 1 rings (SSSR count). The van der Waals surface area contributed by atoms with Crippen molar-refractivity contribution in [3.8, 4) is 0 Å². The first-order chi connectivity index (χ1) is 8.11. The Kier molecular flexibility index (Phi) is 5.75. The van der Waals surface area contributed by atoms with Gasteiger partial charge in [-0.15, -0.1) is 0 Å². The molecule has 0 spiro atoms. The molecule has 2 nitrogen and oxygen atoms in total. The minimum atomic E-state index is -0.124. The highest BCUT2D eigenvalue weighted by Crippen LogP contribution is 2.10. The van der Waals surface area contributed by atoms with E-state index in [4.69, 9.17) is 4.74 Å². The lowest BCUT2D eigenvalue weighted by Gasteiger charge is -2.07. The van der Waals surface area contributed by atoms with E-state index in [9.17, 15) is 4.79 Å². The molecule has 0 fully saturated rings. The van der Waals surface area contributed by atoms with Gasteiger partial charge in [0.05, 0.1) is 6.61 Å². The Morgan fingerprint density at radius 3 is 2.29 bits per heavy atom. The van der Waals surface area contributed by atoms with Crippen molar-refractivity contribution in [1.82, 2.24) is 0 Å². The topological polar surface area (TPSA) is 26.3 Å². The normalized spacial score (nSPS) is 10.6. The van der Waals surface area contributed by atoms with Gasteiger partial charge in [0, 0.05) is 12.8 Å². The fourth-order valence-corrected chi connectivity index (χ4v) is 1.70. The van der Waals surface area contributed by atoms with Crippen LogP contribution in [0.5, 0.6) is 0 Å². The number of benzene rings is 1. The van der Waals surface area contributed by atoms with E-state index >= 15 is 0 Å². The minimum Gasteiger partial charge on any atom is -0.465 e. The molecule has 0 heterocycles. The van der Waals surface area contributed by atoms with Crippen LogP contribution in [-0.4, -0.2) is 12.6 Å². The molecule has 1 aromatic rings. The van der Waals surface area contributed by atoms with E-state index in [1.165, 1.54) is 11.1 Å². The maximum absolute atomic E-state index is 11.0. The Hall–Kier alpha value is -1.31.